The normalized spacial score (nSPS) is 16.9. The van der Waals surface area contributed by atoms with E-state index in [9.17, 15) is 4.79 Å². The lowest BCUT2D eigenvalue weighted by molar-refractivity contribution is -0.119. The van der Waals surface area contributed by atoms with Crippen molar-refractivity contribution < 1.29 is 4.79 Å². The first-order chi connectivity index (χ1) is 16.1. The SMILES string of the molecule is Cc1n[nH]c(C)c1-c1ccc(NC(=O)C(c2nc3cccnc3[nH]2)C(C2CC2)C2CC2)cc1. The van der Waals surface area contributed by atoms with Crippen LogP contribution in [0.4, 0.5) is 5.69 Å². The molecule has 3 aromatic heterocycles. The predicted octanol–water partition coefficient (Wildman–Crippen LogP) is 5.12. The molecule has 0 bridgehead atoms. The summed E-state index contributed by atoms with van der Waals surface area (Å²) in [6.07, 6.45) is 6.59. The highest BCUT2D eigenvalue weighted by molar-refractivity contribution is 5.96. The zero-order valence-electron chi connectivity index (χ0n) is 18.9. The minimum Gasteiger partial charge on any atom is -0.326 e. The van der Waals surface area contributed by atoms with Gasteiger partial charge in [0.2, 0.25) is 5.91 Å². The van der Waals surface area contributed by atoms with Crippen LogP contribution in [0.15, 0.2) is 42.6 Å². The molecule has 3 N–H and O–H groups in total. The molecule has 1 amide bonds. The number of carbonyl (C=O) groups excluding carboxylic acids is 1. The Labute approximate surface area is 192 Å². The van der Waals surface area contributed by atoms with Gasteiger partial charge in [0.05, 0.1) is 11.6 Å². The number of aromatic amines is 2. The molecule has 2 aliphatic rings. The third-order valence-corrected chi connectivity index (χ3v) is 7.14. The van der Waals surface area contributed by atoms with E-state index in [1.54, 1.807) is 6.20 Å². The van der Waals surface area contributed by atoms with Gasteiger partial charge < -0.3 is 10.3 Å². The van der Waals surface area contributed by atoms with Crippen LogP contribution in [0.2, 0.25) is 0 Å². The van der Waals surface area contributed by atoms with Gasteiger partial charge in [0.1, 0.15) is 11.3 Å². The topological polar surface area (TPSA) is 99.3 Å². The quantitative estimate of drug-likeness (QED) is 0.371. The van der Waals surface area contributed by atoms with Crippen LogP contribution in [0.1, 0.15) is 48.8 Å². The molecule has 0 radical (unpaired) electrons. The van der Waals surface area contributed by atoms with Crippen molar-refractivity contribution in [3.63, 3.8) is 0 Å². The van der Waals surface area contributed by atoms with Crippen molar-refractivity contribution >= 4 is 22.8 Å². The number of aryl methyl sites for hydroxylation is 2. The minimum absolute atomic E-state index is 0.0151. The van der Waals surface area contributed by atoms with Crippen molar-refractivity contribution in [2.45, 2.75) is 45.4 Å². The first-order valence-corrected chi connectivity index (χ1v) is 11.8. The number of pyridine rings is 1. The average Bonchev–Trinajstić information content (AvgIpc) is 3.74. The number of fused-ring (bicyclic) bond motifs is 1. The van der Waals surface area contributed by atoms with E-state index >= 15 is 0 Å². The third-order valence-electron chi connectivity index (χ3n) is 7.14. The van der Waals surface area contributed by atoms with Crippen molar-refractivity contribution in [3.05, 3.63) is 59.8 Å². The van der Waals surface area contributed by atoms with Crippen molar-refractivity contribution in [1.29, 1.82) is 0 Å². The lowest BCUT2D eigenvalue weighted by Gasteiger charge is -2.25. The van der Waals surface area contributed by atoms with E-state index in [1.807, 2.05) is 50.2 Å². The fourth-order valence-corrected chi connectivity index (χ4v) is 5.30. The number of nitrogens with one attached hydrogen (secondary N) is 3. The molecule has 7 nitrogen and oxygen atoms in total. The number of hydrogen-bond acceptors (Lipinski definition) is 4. The van der Waals surface area contributed by atoms with Crippen molar-refractivity contribution in [1.82, 2.24) is 25.1 Å². The summed E-state index contributed by atoms with van der Waals surface area (Å²) in [4.78, 5) is 26.3. The smallest absolute Gasteiger partial charge is 0.235 e. The van der Waals surface area contributed by atoms with Crippen molar-refractivity contribution in [2.75, 3.05) is 5.32 Å². The molecular weight excluding hydrogens is 412 g/mol. The molecule has 168 valence electrons. The predicted molar refractivity (Wildman–Crippen MR) is 128 cm³/mol. The van der Waals surface area contributed by atoms with E-state index in [0.29, 0.717) is 17.8 Å². The summed E-state index contributed by atoms with van der Waals surface area (Å²) in [7, 11) is 0. The first kappa shape index (κ1) is 20.1. The van der Waals surface area contributed by atoms with Gasteiger partial charge in [-0.25, -0.2) is 9.97 Å². The number of hydrogen-bond donors (Lipinski definition) is 3. The standard InChI is InChI=1S/C26H28N6O/c1-14-21(15(2)32-31-14)16-9-11-19(12-10-16)28-26(33)23(22(17-5-6-17)18-7-8-18)25-29-20-4-3-13-27-24(20)30-25/h3-4,9-13,17-18,22-23H,5-8H2,1-2H3,(H,28,33)(H,31,32)(H,27,29,30). The molecule has 1 atom stereocenters. The van der Waals surface area contributed by atoms with Gasteiger partial charge >= 0.3 is 0 Å². The molecule has 0 aliphatic heterocycles. The number of imidazole rings is 1. The van der Waals surface area contributed by atoms with Gasteiger partial charge in [-0.3, -0.25) is 9.89 Å². The molecule has 1 unspecified atom stereocenters. The summed E-state index contributed by atoms with van der Waals surface area (Å²) in [6.45, 7) is 4.02. The Kier molecular flexibility index (Phi) is 4.78. The number of carbonyl (C=O) groups is 1. The lowest BCUT2D eigenvalue weighted by Crippen LogP contribution is -2.31. The maximum absolute atomic E-state index is 13.7. The fourth-order valence-electron chi connectivity index (χ4n) is 5.30. The Hall–Kier alpha value is -3.48. The number of amides is 1. The second kappa shape index (κ2) is 7.83. The van der Waals surface area contributed by atoms with Crippen LogP contribution in [0.5, 0.6) is 0 Å². The second-order valence-corrected chi connectivity index (χ2v) is 9.60. The summed E-state index contributed by atoms with van der Waals surface area (Å²) >= 11 is 0. The van der Waals surface area contributed by atoms with Gasteiger partial charge in [0, 0.05) is 23.1 Å². The molecule has 1 aromatic carbocycles. The molecule has 2 saturated carbocycles. The Morgan fingerprint density at radius 3 is 2.39 bits per heavy atom. The van der Waals surface area contributed by atoms with Gasteiger partial charge in [-0.2, -0.15) is 5.10 Å². The molecule has 6 rings (SSSR count). The summed E-state index contributed by atoms with van der Waals surface area (Å²) in [5.41, 5.74) is 6.57. The van der Waals surface area contributed by atoms with Crippen LogP contribution in [0, 0.1) is 31.6 Å². The largest absolute Gasteiger partial charge is 0.326 e. The van der Waals surface area contributed by atoms with Crippen molar-refractivity contribution in [2.24, 2.45) is 17.8 Å². The Morgan fingerprint density at radius 2 is 1.79 bits per heavy atom. The highest BCUT2D eigenvalue weighted by Crippen LogP contribution is 2.54. The van der Waals surface area contributed by atoms with Crippen LogP contribution in [-0.2, 0) is 4.79 Å². The molecule has 4 aromatic rings. The lowest BCUT2D eigenvalue weighted by atomic mass is 9.82. The van der Waals surface area contributed by atoms with Gasteiger partial charge in [0.25, 0.3) is 0 Å². The maximum atomic E-state index is 13.7. The first-order valence-electron chi connectivity index (χ1n) is 11.8. The number of anilines is 1. The van der Waals surface area contributed by atoms with Crippen molar-refractivity contribution in [3.8, 4) is 11.1 Å². The second-order valence-electron chi connectivity index (χ2n) is 9.60. The van der Waals surface area contributed by atoms with E-state index < -0.39 is 0 Å². The van der Waals surface area contributed by atoms with Crippen LogP contribution in [0.25, 0.3) is 22.3 Å². The zero-order valence-corrected chi connectivity index (χ0v) is 18.9. The summed E-state index contributed by atoms with van der Waals surface area (Å²) in [5, 5.41) is 10.5. The number of nitrogens with zero attached hydrogens (tertiary/aromatic N) is 3. The van der Waals surface area contributed by atoms with E-state index in [2.05, 4.69) is 25.5 Å². The van der Waals surface area contributed by atoms with Crippen LogP contribution in [0.3, 0.4) is 0 Å². The molecule has 0 spiro atoms. The molecule has 33 heavy (non-hydrogen) atoms. The molecule has 0 saturated heterocycles. The molecule has 3 heterocycles. The number of benzene rings is 1. The van der Waals surface area contributed by atoms with Gasteiger partial charge in [-0.15, -0.1) is 0 Å². The Bertz CT molecular complexity index is 1250. The summed E-state index contributed by atoms with van der Waals surface area (Å²) in [5.74, 6) is 2.03. The summed E-state index contributed by atoms with van der Waals surface area (Å²) < 4.78 is 0. The number of H-pyrrole nitrogens is 2. The van der Waals surface area contributed by atoms with Crippen LogP contribution >= 0.6 is 0 Å². The minimum atomic E-state index is -0.294. The van der Waals surface area contributed by atoms with E-state index in [0.717, 1.165) is 45.2 Å². The highest BCUT2D eigenvalue weighted by Gasteiger charge is 2.49. The number of aromatic nitrogens is 5. The molecule has 2 aliphatic carbocycles. The fraction of sp³-hybridized carbons (Fsp3) is 0.385. The average molecular weight is 441 g/mol. The summed E-state index contributed by atoms with van der Waals surface area (Å²) in [6, 6.07) is 11.9. The van der Waals surface area contributed by atoms with Gasteiger partial charge in [-0.05, 0) is 87.1 Å². The molecule has 2 fully saturated rings. The van der Waals surface area contributed by atoms with E-state index in [1.165, 1.54) is 25.7 Å². The Balaban J connectivity index is 1.30. The van der Waals surface area contributed by atoms with Gasteiger partial charge in [0.15, 0.2) is 5.65 Å². The van der Waals surface area contributed by atoms with E-state index in [-0.39, 0.29) is 11.8 Å². The van der Waals surface area contributed by atoms with Gasteiger partial charge in [-0.1, -0.05) is 12.1 Å². The van der Waals surface area contributed by atoms with Crippen LogP contribution < -0.4 is 5.32 Å². The Morgan fingerprint density at radius 1 is 1.06 bits per heavy atom. The maximum Gasteiger partial charge on any atom is 0.235 e. The monoisotopic (exact) mass is 440 g/mol. The number of rotatable bonds is 7. The molecular formula is C26H28N6O. The van der Waals surface area contributed by atoms with Crippen LogP contribution in [-0.4, -0.2) is 31.1 Å². The highest BCUT2D eigenvalue weighted by atomic mass is 16.2. The third kappa shape index (κ3) is 3.81. The van der Waals surface area contributed by atoms with E-state index in [4.69, 9.17) is 4.98 Å². The molecule has 7 heteroatoms. The zero-order chi connectivity index (χ0) is 22.5.